The number of rotatable bonds is 5. The molecule has 0 aliphatic rings. The third-order valence-corrected chi connectivity index (χ3v) is 2.11. The molecule has 2 nitrogen and oxygen atoms in total. The van der Waals surface area contributed by atoms with Crippen LogP contribution in [0.5, 0.6) is 0 Å². The standard InChI is InChI=1S/C6H15NOS/c1-2-9-5-6(7)3-4-8/h6,8H,2-5,7H2,1H3. The Hall–Kier alpha value is 0.270. The molecule has 0 saturated carbocycles. The molecule has 0 aliphatic heterocycles. The van der Waals surface area contributed by atoms with Crippen LogP contribution < -0.4 is 5.73 Å². The SMILES string of the molecule is CCSCC(N)CCO. The maximum atomic E-state index is 8.45. The second-order valence-electron chi connectivity index (χ2n) is 1.93. The first-order valence-electron chi connectivity index (χ1n) is 3.25. The van der Waals surface area contributed by atoms with Gasteiger partial charge in [0, 0.05) is 18.4 Å². The molecule has 0 aromatic heterocycles. The lowest BCUT2D eigenvalue weighted by Gasteiger charge is -2.06. The molecule has 1 atom stereocenters. The lowest BCUT2D eigenvalue weighted by Crippen LogP contribution is -2.24. The van der Waals surface area contributed by atoms with Crippen molar-refractivity contribution in [3.8, 4) is 0 Å². The Morgan fingerprint density at radius 2 is 2.33 bits per heavy atom. The van der Waals surface area contributed by atoms with E-state index in [0.717, 1.165) is 17.9 Å². The summed E-state index contributed by atoms with van der Waals surface area (Å²) in [4.78, 5) is 0. The van der Waals surface area contributed by atoms with Gasteiger partial charge in [-0.15, -0.1) is 0 Å². The number of aliphatic hydroxyl groups excluding tert-OH is 1. The zero-order valence-corrected chi connectivity index (χ0v) is 6.66. The fraction of sp³-hybridized carbons (Fsp3) is 1.00. The maximum absolute atomic E-state index is 8.45. The van der Waals surface area contributed by atoms with Crippen LogP contribution in [0.25, 0.3) is 0 Å². The Morgan fingerprint density at radius 1 is 1.67 bits per heavy atom. The molecule has 0 bridgehead atoms. The third-order valence-electron chi connectivity index (χ3n) is 1.04. The van der Waals surface area contributed by atoms with Gasteiger partial charge in [0.25, 0.3) is 0 Å². The van der Waals surface area contributed by atoms with Crippen LogP contribution in [0, 0.1) is 0 Å². The van der Waals surface area contributed by atoms with Crippen LogP contribution in [0.2, 0.25) is 0 Å². The lowest BCUT2D eigenvalue weighted by atomic mass is 10.3. The molecule has 0 radical (unpaired) electrons. The highest BCUT2D eigenvalue weighted by Gasteiger charge is 1.98. The van der Waals surface area contributed by atoms with Gasteiger partial charge in [0.15, 0.2) is 0 Å². The Morgan fingerprint density at radius 3 is 2.78 bits per heavy atom. The van der Waals surface area contributed by atoms with Gasteiger partial charge in [0.05, 0.1) is 0 Å². The van der Waals surface area contributed by atoms with Crippen molar-refractivity contribution in [2.75, 3.05) is 18.1 Å². The molecule has 0 rings (SSSR count). The Labute approximate surface area is 60.8 Å². The highest BCUT2D eigenvalue weighted by atomic mass is 32.2. The first kappa shape index (κ1) is 9.27. The van der Waals surface area contributed by atoms with E-state index in [-0.39, 0.29) is 12.6 Å². The van der Waals surface area contributed by atoms with E-state index >= 15 is 0 Å². The second-order valence-corrected chi connectivity index (χ2v) is 3.25. The zero-order valence-electron chi connectivity index (χ0n) is 5.84. The van der Waals surface area contributed by atoms with E-state index in [4.69, 9.17) is 10.8 Å². The summed E-state index contributed by atoms with van der Waals surface area (Å²) in [5, 5.41) is 8.45. The Bertz CT molecular complexity index is 61.0. The van der Waals surface area contributed by atoms with E-state index in [1.165, 1.54) is 0 Å². The normalized spacial score (nSPS) is 13.7. The molecule has 1 unspecified atom stereocenters. The molecular formula is C6H15NOS. The molecule has 0 aliphatic carbocycles. The largest absolute Gasteiger partial charge is 0.396 e. The average Bonchev–Trinajstić information content (AvgIpc) is 1.85. The van der Waals surface area contributed by atoms with E-state index < -0.39 is 0 Å². The number of aliphatic hydroxyl groups is 1. The van der Waals surface area contributed by atoms with Crippen molar-refractivity contribution in [3.05, 3.63) is 0 Å². The summed E-state index contributed by atoms with van der Waals surface area (Å²) in [5.41, 5.74) is 5.59. The van der Waals surface area contributed by atoms with Crippen molar-refractivity contribution in [2.45, 2.75) is 19.4 Å². The topological polar surface area (TPSA) is 46.2 Å². The van der Waals surface area contributed by atoms with Crippen LogP contribution in [-0.4, -0.2) is 29.3 Å². The summed E-state index contributed by atoms with van der Waals surface area (Å²) in [6.07, 6.45) is 0.729. The first-order chi connectivity index (χ1) is 4.31. The van der Waals surface area contributed by atoms with Gasteiger partial charge >= 0.3 is 0 Å². The summed E-state index contributed by atoms with van der Waals surface area (Å²) in [6.45, 7) is 2.32. The van der Waals surface area contributed by atoms with Gasteiger partial charge in [0.2, 0.25) is 0 Å². The number of hydrogen-bond donors (Lipinski definition) is 2. The van der Waals surface area contributed by atoms with Gasteiger partial charge in [-0.25, -0.2) is 0 Å². The van der Waals surface area contributed by atoms with Crippen molar-refractivity contribution >= 4 is 11.8 Å². The fourth-order valence-corrected chi connectivity index (χ4v) is 1.22. The molecule has 3 N–H and O–H groups in total. The predicted octanol–water partition coefficient (Wildman–Crippen LogP) is 0.449. The molecule has 0 aromatic carbocycles. The van der Waals surface area contributed by atoms with Gasteiger partial charge in [-0.1, -0.05) is 6.92 Å². The van der Waals surface area contributed by atoms with Crippen molar-refractivity contribution < 1.29 is 5.11 Å². The van der Waals surface area contributed by atoms with Crippen LogP contribution in [0.4, 0.5) is 0 Å². The highest BCUT2D eigenvalue weighted by Crippen LogP contribution is 2.01. The third kappa shape index (κ3) is 6.15. The highest BCUT2D eigenvalue weighted by molar-refractivity contribution is 7.99. The summed E-state index contributed by atoms with van der Waals surface area (Å²) < 4.78 is 0. The van der Waals surface area contributed by atoms with Crippen LogP contribution in [0.15, 0.2) is 0 Å². The minimum Gasteiger partial charge on any atom is -0.396 e. The van der Waals surface area contributed by atoms with E-state index in [2.05, 4.69) is 6.92 Å². The van der Waals surface area contributed by atoms with E-state index in [1.807, 2.05) is 11.8 Å². The molecule has 0 fully saturated rings. The molecule has 56 valence electrons. The monoisotopic (exact) mass is 149 g/mol. The van der Waals surface area contributed by atoms with Gasteiger partial charge in [-0.2, -0.15) is 11.8 Å². The van der Waals surface area contributed by atoms with Crippen LogP contribution in [0.3, 0.4) is 0 Å². The Kier molecular flexibility index (Phi) is 6.58. The summed E-state index contributed by atoms with van der Waals surface area (Å²) in [5.74, 6) is 2.08. The second kappa shape index (κ2) is 6.39. The molecular weight excluding hydrogens is 134 g/mol. The molecule has 0 saturated heterocycles. The van der Waals surface area contributed by atoms with Crippen LogP contribution >= 0.6 is 11.8 Å². The van der Waals surface area contributed by atoms with Crippen molar-refractivity contribution in [3.63, 3.8) is 0 Å². The van der Waals surface area contributed by atoms with Crippen LogP contribution in [0.1, 0.15) is 13.3 Å². The quantitative estimate of drug-likeness (QED) is 0.596. The van der Waals surface area contributed by atoms with E-state index in [1.54, 1.807) is 0 Å². The minimum absolute atomic E-state index is 0.181. The molecule has 0 aromatic rings. The van der Waals surface area contributed by atoms with E-state index in [0.29, 0.717) is 0 Å². The minimum atomic E-state index is 0.181. The number of hydrogen-bond acceptors (Lipinski definition) is 3. The van der Waals surface area contributed by atoms with Crippen LogP contribution in [-0.2, 0) is 0 Å². The fourth-order valence-electron chi connectivity index (χ4n) is 0.518. The van der Waals surface area contributed by atoms with Gasteiger partial charge in [-0.3, -0.25) is 0 Å². The number of thioether (sulfide) groups is 1. The lowest BCUT2D eigenvalue weighted by molar-refractivity contribution is 0.279. The molecule has 0 spiro atoms. The molecule has 3 heteroatoms. The smallest absolute Gasteiger partial charge is 0.0446 e. The summed E-state index contributed by atoms with van der Waals surface area (Å²) >= 11 is 1.82. The van der Waals surface area contributed by atoms with Crippen molar-refractivity contribution in [1.82, 2.24) is 0 Å². The van der Waals surface area contributed by atoms with Crippen molar-refractivity contribution in [2.24, 2.45) is 5.73 Å². The summed E-state index contributed by atoms with van der Waals surface area (Å²) in [6, 6.07) is 0.181. The molecule has 0 amide bonds. The average molecular weight is 149 g/mol. The number of nitrogens with two attached hydrogens (primary N) is 1. The Balaban J connectivity index is 2.95. The molecule has 0 heterocycles. The van der Waals surface area contributed by atoms with Gasteiger partial charge in [0.1, 0.15) is 0 Å². The molecule has 9 heavy (non-hydrogen) atoms. The predicted molar refractivity (Wildman–Crippen MR) is 42.7 cm³/mol. The van der Waals surface area contributed by atoms with Gasteiger partial charge in [-0.05, 0) is 12.2 Å². The maximum Gasteiger partial charge on any atom is 0.0446 e. The van der Waals surface area contributed by atoms with E-state index in [9.17, 15) is 0 Å². The zero-order chi connectivity index (χ0) is 7.11. The van der Waals surface area contributed by atoms with Gasteiger partial charge < -0.3 is 10.8 Å². The van der Waals surface area contributed by atoms with Crippen molar-refractivity contribution in [1.29, 1.82) is 0 Å². The first-order valence-corrected chi connectivity index (χ1v) is 4.41. The summed E-state index contributed by atoms with van der Waals surface area (Å²) in [7, 11) is 0.